The lowest BCUT2D eigenvalue weighted by Crippen LogP contribution is -2.14. The highest BCUT2D eigenvalue weighted by atomic mass is 32.2. The van der Waals surface area contributed by atoms with E-state index >= 15 is 0 Å². The molecular weight excluding hydrogens is 231 g/mol. The molecular formula is C11H15FO3S. The average Bonchev–Trinajstić information content (AvgIpc) is 2.25. The number of halogens is 1. The minimum atomic E-state index is -3.57. The summed E-state index contributed by atoms with van der Waals surface area (Å²) in [6, 6.07) is 5.37. The molecule has 1 aromatic rings. The molecule has 0 heterocycles. The second-order valence-corrected chi connectivity index (χ2v) is 5.44. The molecule has 0 aliphatic rings. The van der Waals surface area contributed by atoms with Crippen LogP contribution in [0.3, 0.4) is 0 Å². The fourth-order valence-electron chi connectivity index (χ4n) is 1.22. The lowest BCUT2D eigenvalue weighted by molar-refractivity contribution is 0.149. The Bertz CT molecular complexity index is 429. The highest BCUT2D eigenvalue weighted by Crippen LogP contribution is 2.14. The molecule has 5 heteroatoms. The van der Waals surface area contributed by atoms with Gasteiger partial charge in [-0.15, -0.1) is 0 Å². The first-order valence-corrected chi connectivity index (χ1v) is 6.78. The van der Waals surface area contributed by atoms with Crippen LogP contribution in [0.1, 0.15) is 13.3 Å². The van der Waals surface area contributed by atoms with Gasteiger partial charge in [0.05, 0.1) is 12.4 Å². The molecule has 0 N–H and O–H groups in total. The molecule has 0 saturated carbocycles. The number of hydrogen-bond donors (Lipinski definition) is 0. The van der Waals surface area contributed by atoms with Crippen LogP contribution >= 0.6 is 0 Å². The standard InChI is InChI=1S/C11H15FO3S/c1-2-7-15-8-9-16(13,14)11-6-4-3-5-10(11)12/h3-6H,2,7-9H2,1H3. The summed E-state index contributed by atoms with van der Waals surface area (Å²) in [7, 11) is -3.57. The SMILES string of the molecule is CCCOCCS(=O)(=O)c1ccccc1F. The highest BCUT2D eigenvalue weighted by molar-refractivity contribution is 7.91. The van der Waals surface area contributed by atoms with Gasteiger partial charge in [0.2, 0.25) is 0 Å². The maximum atomic E-state index is 13.2. The van der Waals surface area contributed by atoms with Gasteiger partial charge < -0.3 is 4.74 Å². The summed E-state index contributed by atoms with van der Waals surface area (Å²) < 4.78 is 41.7. The van der Waals surface area contributed by atoms with E-state index in [0.29, 0.717) is 6.61 Å². The van der Waals surface area contributed by atoms with Crippen LogP contribution in [0.25, 0.3) is 0 Å². The average molecular weight is 246 g/mol. The molecule has 1 aromatic carbocycles. The van der Waals surface area contributed by atoms with Crippen molar-refractivity contribution < 1.29 is 17.5 Å². The largest absolute Gasteiger partial charge is 0.380 e. The molecule has 0 spiro atoms. The summed E-state index contributed by atoms with van der Waals surface area (Å²) in [6.07, 6.45) is 0.833. The molecule has 0 saturated heterocycles. The third-order valence-corrected chi connectivity index (χ3v) is 3.72. The summed E-state index contributed by atoms with van der Waals surface area (Å²) >= 11 is 0. The van der Waals surface area contributed by atoms with Crippen molar-refractivity contribution in [1.82, 2.24) is 0 Å². The van der Waals surface area contributed by atoms with Crippen molar-refractivity contribution in [2.24, 2.45) is 0 Å². The molecule has 0 fully saturated rings. The van der Waals surface area contributed by atoms with Crippen molar-refractivity contribution in [3.8, 4) is 0 Å². The molecule has 0 aromatic heterocycles. The molecule has 0 bridgehead atoms. The normalized spacial score (nSPS) is 11.6. The summed E-state index contributed by atoms with van der Waals surface area (Å²) in [4.78, 5) is -0.255. The van der Waals surface area contributed by atoms with Crippen LogP contribution in [-0.4, -0.2) is 27.4 Å². The molecule has 1 rings (SSSR count). The zero-order valence-corrected chi connectivity index (χ0v) is 9.97. The Kier molecular flexibility index (Phi) is 4.89. The summed E-state index contributed by atoms with van der Waals surface area (Å²) in [5, 5.41) is 0. The quantitative estimate of drug-likeness (QED) is 0.721. The van der Waals surface area contributed by atoms with Crippen LogP contribution in [0.4, 0.5) is 4.39 Å². The Morgan fingerprint density at radius 3 is 2.56 bits per heavy atom. The smallest absolute Gasteiger partial charge is 0.183 e. The van der Waals surface area contributed by atoms with E-state index in [0.717, 1.165) is 12.5 Å². The Labute approximate surface area is 95.2 Å². The Balaban J connectivity index is 2.68. The number of sulfone groups is 1. The Morgan fingerprint density at radius 2 is 1.94 bits per heavy atom. The maximum absolute atomic E-state index is 13.2. The van der Waals surface area contributed by atoms with Crippen LogP contribution in [0.5, 0.6) is 0 Å². The van der Waals surface area contributed by atoms with Gasteiger partial charge in [-0.25, -0.2) is 12.8 Å². The summed E-state index contributed by atoms with van der Waals surface area (Å²) in [6.45, 7) is 2.56. The maximum Gasteiger partial charge on any atom is 0.183 e. The number of benzene rings is 1. The van der Waals surface area contributed by atoms with Gasteiger partial charge in [-0.3, -0.25) is 0 Å². The van der Waals surface area contributed by atoms with Crippen LogP contribution in [-0.2, 0) is 14.6 Å². The summed E-state index contributed by atoms with van der Waals surface area (Å²) in [5.41, 5.74) is 0. The molecule has 90 valence electrons. The van der Waals surface area contributed by atoms with Crippen molar-refractivity contribution >= 4 is 9.84 Å². The molecule has 0 unspecified atom stereocenters. The topological polar surface area (TPSA) is 43.4 Å². The van der Waals surface area contributed by atoms with Crippen molar-refractivity contribution in [1.29, 1.82) is 0 Å². The predicted molar refractivity (Wildman–Crippen MR) is 59.6 cm³/mol. The zero-order valence-electron chi connectivity index (χ0n) is 9.15. The first-order chi connectivity index (χ1) is 7.58. The predicted octanol–water partition coefficient (Wildman–Crippen LogP) is 2.03. The number of ether oxygens (including phenoxy) is 1. The van der Waals surface area contributed by atoms with E-state index in [1.165, 1.54) is 18.2 Å². The van der Waals surface area contributed by atoms with Crippen molar-refractivity contribution in [2.45, 2.75) is 18.2 Å². The van der Waals surface area contributed by atoms with Crippen molar-refractivity contribution in [3.63, 3.8) is 0 Å². The van der Waals surface area contributed by atoms with Crippen molar-refractivity contribution in [2.75, 3.05) is 19.0 Å². The Morgan fingerprint density at radius 1 is 1.25 bits per heavy atom. The van der Waals surface area contributed by atoms with Gasteiger partial charge in [0.15, 0.2) is 9.84 Å². The molecule has 3 nitrogen and oxygen atoms in total. The monoisotopic (exact) mass is 246 g/mol. The second-order valence-electron chi connectivity index (χ2n) is 3.36. The zero-order chi connectivity index (χ0) is 12.0. The van der Waals surface area contributed by atoms with Gasteiger partial charge in [-0.1, -0.05) is 19.1 Å². The van der Waals surface area contributed by atoms with Gasteiger partial charge in [0, 0.05) is 6.61 Å². The van der Waals surface area contributed by atoms with E-state index < -0.39 is 15.7 Å². The van der Waals surface area contributed by atoms with Gasteiger partial charge in [-0.2, -0.15) is 0 Å². The van der Waals surface area contributed by atoms with E-state index in [2.05, 4.69) is 0 Å². The van der Waals surface area contributed by atoms with Gasteiger partial charge >= 0.3 is 0 Å². The van der Waals surface area contributed by atoms with Crippen molar-refractivity contribution in [3.05, 3.63) is 30.1 Å². The Hall–Kier alpha value is -0.940. The molecule has 0 aliphatic heterocycles. The van der Waals surface area contributed by atoms with Crippen LogP contribution in [0, 0.1) is 5.82 Å². The first-order valence-electron chi connectivity index (χ1n) is 5.13. The third kappa shape index (κ3) is 3.57. The molecule has 0 atom stereocenters. The molecule has 0 aliphatic carbocycles. The lowest BCUT2D eigenvalue weighted by Gasteiger charge is -2.05. The fraction of sp³-hybridized carbons (Fsp3) is 0.455. The molecule has 0 radical (unpaired) electrons. The van der Waals surface area contributed by atoms with E-state index in [1.807, 2.05) is 6.92 Å². The number of hydrogen-bond acceptors (Lipinski definition) is 3. The third-order valence-electron chi connectivity index (χ3n) is 2.02. The van der Waals surface area contributed by atoms with Crippen LogP contribution < -0.4 is 0 Å². The lowest BCUT2D eigenvalue weighted by atomic mass is 10.3. The van der Waals surface area contributed by atoms with Gasteiger partial charge in [0.25, 0.3) is 0 Å². The van der Waals surface area contributed by atoms with Gasteiger partial charge in [0.1, 0.15) is 10.7 Å². The van der Waals surface area contributed by atoms with Crippen LogP contribution in [0.15, 0.2) is 29.2 Å². The van der Waals surface area contributed by atoms with E-state index in [4.69, 9.17) is 4.74 Å². The van der Waals surface area contributed by atoms with E-state index in [1.54, 1.807) is 0 Å². The van der Waals surface area contributed by atoms with E-state index in [9.17, 15) is 12.8 Å². The summed E-state index contributed by atoms with van der Waals surface area (Å²) in [5.74, 6) is -0.897. The second kappa shape index (κ2) is 5.96. The fourth-order valence-corrected chi connectivity index (χ4v) is 2.43. The van der Waals surface area contributed by atoms with Gasteiger partial charge in [-0.05, 0) is 18.6 Å². The molecule has 16 heavy (non-hydrogen) atoms. The van der Waals surface area contributed by atoms with Crippen LogP contribution in [0.2, 0.25) is 0 Å². The minimum absolute atomic E-state index is 0.102. The number of rotatable bonds is 6. The minimum Gasteiger partial charge on any atom is -0.380 e. The van der Waals surface area contributed by atoms with E-state index in [-0.39, 0.29) is 17.3 Å². The highest BCUT2D eigenvalue weighted by Gasteiger charge is 2.18. The first kappa shape index (κ1) is 13.1. The molecule has 0 amide bonds.